The molecule has 0 fully saturated rings. The third-order valence-corrected chi connectivity index (χ3v) is 2.39. The van der Waals surface area contributed by atoms with Crippen LogP contribution in [0.1, 0.15) is 26.5 Å². The van der Waals surface area contributed by atoms with Crippen LogP contribution in [-0.2, 0) is 11.2 Å². The van der Waals surface area contributed by atoms with Crippen molar-refractivity contribution in [1.29, 1.82) is 0 Å². The van der Waals surface area contributed by atoms with E-state index in [1.54, 1.807) is 6.26 Å². The molecule has 0 bridgehead atoms. The molecule has 1 heterocycles. The lowest BCUT2D eigenvalue weighted by Gasteiger charge is -2.25. The van der Waals surface area contributed by atoms with Crippen molar-refractivity contribution in [2.75, 3.05) is 6.61 Å². The average molecular weight is 212 g/mol. The maximum Gasteiger partial charge on any atom is 0.106 e. The molecule has 0 aliphatic rings. The van der Waals surface area contributed by atoms with Crippen LogP contribution in [0.25, 0.3) is 0 Å². The van der Waals surface area contributed by atoms with Gasteiger partial charge in [0.05, 0.1) is 18.5 Å². The zero-order valence-corrected chi connectivity index (χ0v) is 9.64. The van der Waals surface area contributed by atoms with Gasteiger partial charge in [-0.25, -0.2) is 0 Å². The van der Waals surface area contributed by atoms with Gasteiger partial charge in [0.1, 0.15) is 5.76 Å². The Morgan fingerprint density at radius 3 is 2.67 bits per heavy atom. The molecule has 15 heavy (non-hydrogen) atoms. The second kappa shape index (κ2) is 5.93. The van der Waals surface area contributed by atoms with Crippen LogP contribution in [0.5, 0.6) is 0 Å². The first-order valence-electron chi connectivity index (χ1n) is 5.47. The zero-order valence-electron chi connectivity index (χ0n) is 9.64. The molecule has 0 aromatic carbocycles. The van der Waals surface area contributed by atoms with Gasteiger partial charge in [0.15, 0.2) is 0 Å². The van der Waals surface area contributed by atoms with Crippen LogP contribution in [0, 0.1) is 5.92 Å². The smallest absolute Gasteiger partial charge is 0.106 e. The summed E-state index contributed by atoms with van der Waals surface area (Å²) in [6.45, 7) is 6.66. The summed E-state index contributed by atoms with van der Waals surface area (Å²) >= 11 is 0. The van der Waals surface area contributed by atoms with Crippen LogP contribution in [-0.4, -0.2) is 23.9 Å². The SMILES string of the molecule is CCOC(C(C)C)C(O)Cc1ccco1. The second-order valence-corrected chi connectivity index (χ2v) is 4.01. The van der Waals surface area contributed by atoms with Crippen molar-refractivity contribution in [3.63, 3.8) is 0 Å². The Morgan fingerprint density at radius 1 is 1.47 bits per heavy atom. The van der Waals surface area contributed by atoms with E-state index >= 15 is 0 Å². The van der Waals surface area contributed by atoms with E-state index in [2.05, 4.69) is 0 Å². The van der Waals surface area contributed by atoms with Crippen molar-refractivity contribution < 1.29 is 14.3 Å². The molecule has 1 rings (SSSR count). The predicted molar refractivity (Wildman–Crippen MR) is 58.7 cm³/mol. The summed E-state index contributed by atoms with van der Waals surface area (Å²) in [4.78, 5) is 0. The Morgan fingerprint density at radius 2 is 2.20 bits per heavy atom. The van der Waals surface area contributed by atoms with E-state index in [4.69, 9.17) is 9.15 Å². The van der Waals surface area contributed by atoms with Crippen molar-refractivity contribution in [2.24, 2.45) is 5.92 Å². The Balaban J connectivity index is 2.52. The van der Waals surface area contributed by atoms with E-state index in [-0.39, 0.29) is 6.10 Å². The molecule has 3 nitrogen and oxygen atoms in total. The predicted octanol–water partition coefficient (Wildman–Crippen LogP) is 2.24. The summed E-state index contributed by atoms with van der Waals surface area (Å²) in [6, 6.07) is 3.69. The molecule has 2 unspecified atom stereocenters. The minimum Gasteiger partial charge on any atom is -0.469 e. The van der Waals surface area contributed by atoms with Gasteiger partial charge >= 0.3 is 0 Å². The molecule has 86 valence electrons. The fraction of sp³-hybridized carbons (Fsp3) is 0.667. The van der Waals surface area contributed by atoms with E-state index in [9.17, 15) is 5.11 Å². The highest BCUT2D eigenvalue weighted by Gasteiger charge is 2.23. The van der Waals surface area contributed by atoms with Crippen molar-refractivity contribution in [1.82, 2.24) is 0 Å². The van der Waals surface area contributed by atoms with Gasteiger partial charge in [0.25, 0.3) is 0 Å². The molecule has 0 amide bonds. The number of rotatable bonds is 6. The Labute approximate surface area is 91.1 Å². The quantitative estimate of drug-likeness (QED) is 0.786. The highest BCUT2D eigenvalue weighted by Crippen LogP contribution is 2.15. The molecule has 0 radical (unpaired) electrons. The van der Waals surface area contributed by atoms with Gasteiger partial charge in [-0.2, -0.15) is 0 Å². The Bertz CT molecular complexity index is 254. The minimum atomic E-state index is -0.504. The lowest BCUT2D eigenvalue weighted by atomic mass is 9.98. The second-order valence-electron chi connectivity index (χ2n) is 4.01. The van der Waals surface area contributed by atoms with E-state index in [0.29, 0.717) is 18.9 Å². The number of aliphatic hydroxyl groups is 1. The molecule has 0 spiro atoms. The normalized spacial score (nSPS) is 15.5. The summed E-state index contributed by atoms with van der Waals surface area (Å²) in [5.74, 6) is 1.10. The van der Waals surface area contributed by atoms with Gasteiger partial charge in [-0.3, -0.25) is 0 Å². The number of ether oxygens (including phenoxy) is 1. The first-order chi connectivity index (χ1) is 7.15. The molecule has 0 saturated carbocycles. The average Bonchev–Trinajstić information content (AvgIpc) is 2.65. The molecule has 2 atom stereocenters. The van der Waals surface area contributed by atoms with Crippen molar-refractivity contribution in [3.05, 3.63) is 24.2 Å². The van der Waals surface area contributed by atoms with Crippen LogP contribution in [0.2, 0.25) is 0 Å². The Hall–Kier alpha value is -0.800. The summed E-state index contributed by atoms with van der Waals surface area (Å²) in [5, 5.41) is 10.00. The highest BCUT2D eigenvalue weighted by atomic mass is 16.5. The number of hydrogen-bond donors (Lipinski definition) is 1. The van der Waals surface area contributed by atoms with Gasteiger partial charge in [0, 0.05) is 13.0 Å². The minimum absolute atomic E-state index is 0.125. The molecule has 1 aromatic rings. The van der Waals surface area contributed by atoms with E-state index in [1.165, 1.54) is 0 Å². The third-order valence-electron chi connectivity index (χ3n) is 2.39. The fourth-order valence-corrected chi connectivity index (χ4v) is 1.69. The third kappa shape index (κ3) is 3.68. The first kappa shape index (κ1) is 12.3. The topological polar surface area (TPSA) is 42.6 Å². The zero-order chi connectivity index (χ0) is 11.3. The van der Waals surface area contributed by atoms with Gasteiger partial charge in [0.2, 0.25) is 0 Å². The van der Waals surface area contributed by atoms with Gasteiger partial charge in [-0.15, -0.1) is 0 Å². The summed E-state index contributed by atoms with van der Waals surface area (Å²) in [6.07, 6.45) is 1.50. The molecule has 0 saturated heterocycles. The molecule has 0 aliphatic carbocycles. The van der Waals surface area contributed by atoms with Crippen LogP contribution in [0.15, 0.2) is 22.8 Å². The molecule has 0 aliphatic heterocycles. The summed E-state index contributed by atoms with van der Waals surface area (Å²) in [7, 11) is 0. The molecule has 3 heteroatoms. The van der Waals surface area contributed by atoms with Gasteiger partial charge in [-0.05, 0) is 25.0 Å². The Kier molecular flexibility index (Phi) is 4.85. The van der Waals surface area contributed by atoms with Crippen LogP contribution in [0.3, 0.4) is 0 Å². The van der Waals surface area contributed by atoms with Gasteiger partial charge in [-0.1, -0.05) is 13.8 Å². The summed E-state index contributed by atoms with van der Waals surface area (Å²) in [5.41, 5.74) is 0. The van der Waals surface area contributed by atoms with Crippen LogP contribution >= 0.6 is 0 Å². The largest absolute Gasteiger partial charge is 0.469 e. The van der Waals surface area contributed by atoms with E-state index in [1.807, 2.05) is 32.9 Å². The molecule has 1 N–H and O–H groups in total. The monoisotopic (exact) mass is 212 g/mol. The lowest BCUT2D eigenvalue weighted by Crippen LogP contribution is -2.35. The molecular formula is C12H20O3. The van der Waals surface area contributed by atoms with Crippen LogP contribution in [0.4, 0.5) is 0 Å². The first-order valence-corrected chi connectivity index (χ1v) is 5.47. The van der Waals surface area contributed by atoms with Gasteiger partial charge < -0.3 is 14.3 Å². The maximum atomic E-state index is 10.00. The number of aliphatic hydroxyl groups excluding tert-OH is 1. The maximum absolute atomic E-state index is 10.00. The van der Waals surface area contributed by atoms with E-state index < -0.39 is 6.10 Å². The van der Waals surface area contributed by atoms with Crippen molar-refractivity contribution >= 4 is 0 Å². The number of hydrogen-bond acceptors (Lipinski definition) is 3. The molecule has 1 aromatic heterocycles. The van der Waals surface area contributed by atoms with E-state index in [0.717, 1.165) is 5.76 Å². The van der Waals surface area contributed by atoms with Crippen LogP contribution < -0.4 is 0 Å². The lowest BCUT2D eigenvalue weighted by molar-refractivity contribution is -0.0577. The number of furan rings is 1. The fourth-order valence-electron chi connectivity index (χ4n) is 1.69. The van der Waals surface area contributed by atoms with Crippen molar-refractivity contribution in [2.45, 2.75) is 39.4 Å². The molecular weight excluding hydrogens is 192 g/mol. The summed E-state index contributed by atoms with van der Waals surface area (Å²) < 4.78 is 10.7. The highest BCUT2D eigenvalue weighted by molar-refractivity contribution is 5.00. The van der Waals surface area contributed by atoms with Crippen molar-refractivity contribution in [3.8, 4) is 0 Å². The standard InChI is InChI=1S/C12H20O3/c1-4-14-12(9(2)3)11(13)8-10-6-5-7-15-10/h5-7,9,11-13H,4,8H2,1-3H3.